The molecule has 4 heteroatoms. The molecule has 1 fully saturated rings. The minimum Gasteiger partial charge on any atom is -0.376 e. The maximum absolute atomic E-state index is 5.86. The van der Waals surface area contributed by atoms with Crippen molar-refractivity contribution in [2.75, 3.05) is 24.6 Å². The van der Waals surface area contributed by atoms with Crippen LogP contribution >= 0.6 is 0 Å². The van der Waals surface area contributed by atoms with E-state index in [-0.39, 0.29) is 0 Å². The van der Waals surface area contributed by atoms with Crippen LogP contribution in [0.4, 0.5) is 5.69 Å². The van der Waals surface area contributed by atoms with Crippen molar-refractivity contribution in [1.29, 1.82) is 0 Å². The van der Waals surface area contributed by atoms with Gasteiger partial charge in [-0.3, -0.25) is 4.98 Å². The summed E-state index contributed by atoms with van der Waals surface area (Å²) in [4.78, 5) is 6.58. The Kier molecular flexibility index (Phi) is 4.96. The van der Waals surface area contributed by atoms with Gasteiger partial charge < -0.3 is 15.4 Å². The Morgan fingerprint density at radius 2 is 2.44 bits per heavy atom. The summed E-state index contributed by atoms with van der Waals surface area (Å²) in [5.74, 6) is 0. The van der Waals surface area contributed by atoms with Crippen LogP contribution in [0.2, 0.25) is 0 Å². The predicted octanol–water partition coefficient (Wildman–Crippen LogP) is 1.94. The zero-order valence-electron chi connectivity index (χ0n) is 11.1. The van der Waals surface area contributed by atoms with Crippen molar-refractivity contribution in [2.24, 2.45) is 5.73 Å². The van der Waals surface area contributed by atoms with E-state index in [1.807, 2.05) is 12.3 Å². The first-order valence-corrected chi connectivity index (χ1v) is 6.84. The molecule has 0 bridgehead atoms. The lowest BCUT2D eigenvalue weighted by Crippen LogP contribution is -2.40. The second kappa shape index (κ2) is 6.71. The third-order valence-corrected chi connectivity index (χ3v) is 3.38. The Morgan fingerprint density at radius 3 is 3.22 bits per heavy atom. The maximum Gasteiger partial charge on any atom is 0.0750 e. The lowest BCUT2D eigenvalue weighted by Gasteiger charge is -2.35. The first kappa shape index (κ1) is 13.3. The van der Waals surface area contributed by atoms with Crippen LogP contribution in [-0.4, -0.2) is 30.8 Å². The molecule has 0 saturated carbocycles. The number of anilines is 1. The van der Waals surface area contributed by atoms with Gasteiger partial charge in [0.1, 0.15) is 0 Å². The van der Waals surface area contributed by atoms with Crippen molar-refractivity contribution in [3.05, 3.63) is 24.0 Å². The molecule has 0 aliphatic carbocycles. The van der Waals surface area contributed by atoms with Crippen molar-refractivity contribution in [1.82, 2.24) is 4.98 Å². The summed E-state index contributed by atoms with van der Waals surface area (Å²) in [5, 5.41) is 0. The van der Waals surface area contributed by atoms with E-state index in [2.05, 4.69) is 16.8 Å². The quantitative estimate of drug-likeness (QED) is 0.866. The fourth-order valence-corrected chi connectivity index (χ4v) is 2.45. The molecule has 18 heavy (non-hydrogen) atoms. The van der Waals surface area contributed by atoms with Gasteiger partial charge in [0, 0.05) is 32.4 Å². The van der Waals surface area contributed by atoms with Crippen molar-refractivity contribution in [2.45, 2.75) is 38.8 Å². The molecule has 2 N–H and O–H groups in total. The van der Waals surface area contributed by atoms with E-state index in [9.17, 15) is 0 Å². The van der Waals surface area contributed by atoms with Crippen molar-refractivity contribution >= 4 is 5.69 Å². The summed E-state index contributed by atoms with van der Waals surface area (Å²) < 4.78 is 5.86. The molecule has 1 aromatic heterocycles. The van der Waals surface area contributed by atoms with Crippen LogP contribution in [0.15, 0.2) is 18.5 Å². The number of piperidine rings is 1. The fraction of sp³-hybridized carbons (Fsp3) is 0.643. The van der Waals surface area contributed by atoms with E-state index >= 15 is 0 Å². The number of hydrogen-bond acceptors (Lipinski definition) is 4. The Bertz CT molecular complexity index is 370. The van der Waals surface area contributed by atoms with Gasteiger partial charge in [-0.25, -0.2) is 0 Å². The topological polar surface area (TPSA) is 51.4 Å². The summed E-state index contributed by atoms with van der Waals surface area (Å²) in [5.41, 5.74) is 8.13. The molecule has 1 aliphatic heterocycles. The van der Waals surface area contributed by atoms with E-state index in [1.54, 1.807) is 6.20 Å². The monoisotopic (exact) mass is 249 g/mol. The minimum absolute atomic E-state index is 0.351. The van der Waals surface area contributed by atoms with Crippen LogP contribution in [0.1, 0.15) is 31.7 Å². The molecule has 0 spiro atoms. The normalized spacial score (nSPS) is 20.1. The van der Waals surface area contributed by atoms with E-state index in [4.69, 9.17) is 10.5 Å². The number of pyridine rings is 1. The Labute approximate surface area is 109 Å². The average molecular weight is 249 g/mol. The van der Waals surface area contributed by atoms with Crippen molar-refractivity contribution in [3.8, 4) is 0 Å². The number of ether oxygens (including phenoxy) is 1. The largest absolute Gasteiger partial charge is 0.376 e. The Morgan fingerprint density at radius 1 is 1.56 bits per heavy atom. The standard InChI is InChI=1S/C14H23N3O/c1-2-8-18-13-4-3-7-17(11-13)14-10-16-6-5-12(14)9-15/h5-6,10,13H,2-4,7-9,11,15H2,1H3. The molecule has 0 radical (unpaired) electrons. The zero-order valence-corrected chi connectivity index (χ0v) is 11.1. The van der Waals surface area contributed by atoms with Crippen LogP contribution in [0.25, 0.3) is 0 Å². The van der Waals surface area contributed by atoms with Gasteiger partial charge in [-0.1, -0.05) is 6.92 Å². The third kappa shape index (κ3) is 3.21. The number of aromatic nitrogens is 1. The molecular formula is C14H23N3O. The number of nitrogens with two attached hydrogens (primary N) is 1. The predicted molar refractivity (Wildman–Crippen MR) is 73.6 cm³/mol. The lowest BCUT2D eigenvalue weighted by molar-refractivity contribution is 0.0440. The average Bonchev–Trinajstić information content (AvgIpc) is 2.45. The van der Waals surface area contributed by atoms with Crippen molar-refractivity contribution < 1.29 is 4.74 Å². The molecule has 1 aromatic rings. The number of hydrogen-bond donors (Lipinski definition) is 1. The molecule has 1 aliphatic rings. The van der Waals surface area contributed by atoms with Gasteiger partial charge in [-0.05, 0) is 30.9 Å². The summed E-state index contributed by atoms with van der Waals surface area (Å²) in [6.07, 6.45) is 7.49. The molecule has 0 amide bonds. The summed E-state index contributed by atoms with van der Waals surface area (Å²) in [6, 6.07) is 2.01. The van der Waals surface area contributed by atoms with Gasteiger partial charge in [0.15, 0.2) is 0 Å². The summed E-state index contributed by atoms with van der Waals surface area (Å²) >= 11 is 0. The third-order valence-electron chi connectivity index (χ3n) is 3.38. The highest BCUT2D eigenvalue weighted by Gasteiger charge is 2.21. The van der Waals surface area contributed by atoms with Crippen LogP contribution in [0.3, 0.4) is 0 Å². The van der Waals surface area contributed by atoms with E-state index < -0.39 is 0 Å². The highest BCUT2D eigenvalue weighted by atomic mass is 16.5. The molecule has 4 nitrogen and oxygen atoms in total. The molecule has 100 valence electrons. The van der Waals surface area contributed by atoms with E-state index in [1.165, 1.54) is 17.7 Å². The molecule has 1 saturated heterocycles. The minimum atomic E-state index is 0.351. The van der Waals surface area contributed by atoms with Gasteiger partial charge in [-0.2, -0.15) is 0 Å². The van der Waals surface area contributed by atoms with Gasteiger partial charge in [0.25, 0.3) is 0 Å². The Balaban J connectivity index is 2.03. The van der Waals surface area contributed by atoms with Gasteiger partial charge in [-0.15, -0.1) is 0 Å². The summed E-state index contributed by atoms with van der Waals surface area (Å²) in [6.45, 7) is 5.60. The van der Waals surface area contributed by atoms with E-state index in [0.29, 0.717) is 12.6 Å². The van der Waals surface area contributed by atoms with E-state index in [0.717, 1.165) is 32.5 Å². The first-order chi connectivity index (χ1) is 8.85. The first-order valence-electron chi connectivity index (χ1n) is 6.84. The molecular weight excluding hydrogens is 226 g/mol. The lowest BCUT2D eigenvalue weighted by atomic mass is 10.1. The SMILES string of the molecule is CCCOC1CCCN(c2cnccc2CN)C1. The van der Waals surface area contributed by atoms with Crippen LogP contribution in [0, 0.1) is 0 Å². The molecule has 1 unspecified atom stereocenters. The van der Waals surface area contributed by atoms with Gasteiger partial charge >= 0.3 is 0 Å². The molecule has 1 atom stereocenters. The highest BCUT2D eigenvalue weighted by molar-refractivity contribution is 5.52. The molecule has 0 aromatic carbocycles. The van der Waals surface area contributed by atoms with Crippen LogP contribution in [0.5, 0.6) is 0 Å². The molecule has 2 heterocycles. The van der Waals surface area contributed by atoms with Crippen LogP contribution < -0.4 is 10.6 Å². The zero-order chi connectivity index (χ0) is 12.8. The number of nitrogens with zero attached hydrogens (tertiary/aromatic N) is 2. The van der Waals surface area contributed by atoms with Crippen LogP contribution in [-0.2, 0) is 11.3 Å². The summed E-state index contributed by atoms with van der Waals surface area (Å²) in [7, 11) is 0. The second-order valence-electron chi connectivity index (χ2n) is 4.79. The van der Waals surface area contributed by atoms with Gasteiger partial charge in [0.2, 0.25) is 0 Å². The number of rotatable bonds is 5. The molecule has 2 rings (SSSR count). The highest BCUT2D eigenvalue weighted by Crippen LogP contribution is 2.24. The maximum atomic E-state index is 5.86. The van der Waals surface area contributed by atoms with Gasteiger partial charge in [0.05, 0.1) is 18.0 Å². The smallest absolute Gasteiger partial charge is 0.0750 e. The fourth-order valence-electron chi connectivity index (χ4n) is 2.45. The Hall–Kier alpha value is -1.13. The van der Waals surface area contributed by atoms with Crippen molar-refractivity contribution in [3.63, 3.8) is 0 Å². The second-order valence-corrected chi connectivity index (χ2v) is 4.79.